The Hall–Kier alpha value is -8.19. The summed E-state index contributed by atoms with van der Waals surface area (Å²) in [6, 6.07) is 75.6. The summed E-state index contributed by atoms with van der Waals surface area (Å²) in [6.07, 6.45) is 0. The van der Waals surface area contributed by atoms with Crippen molar-refractivity contribution in [1.29, 1.82) is 0 Å². The molecular weight excluding hydrogens is 787 g/mol. The molecule has 4 aromatic heterocycles. The summed E-state index contributed by atoms with van der Waals surface area (Å²) in [5.74, 6) is 1.77. The lowest BCUT2D eigenvalue weighted by Crippen LogP contribution is -2.07. The molecule has 5 nitrogen and oxygen atoms in total. The molecule has 0 saturated carbocycles. The van der Waals surface area contributed by atoms with E-state index in [-0.39, 0.29) is 0 Å². The molecule has 13 aromatic rings. The van der Waals surface area contributed by atoms with E-state index in [2.05, 4.69) is 221 Å². The van der Waals surface area contributed by atoms with Gasteiger partial charge in [0.2, 0.25) is 5.95 Å². The molecule has 13 rings (SSSR count). The smallest absolute Gasteiger partial charge is 0.238 e. The average molecular weight is 822 g/mol. The number of hydrogen-bond acceptors (Lipinski definition) is 4. The summed E-state index contributed by atoms with van der Waals surface area (Å²) >= 11 is 1.85. The first-order valence-electron chi connectivity index (χ1n) is 21.2. The van der Waals surface area contributed by atoms with Gasteiger partial charge in [-0.15, -0.1) is 11.3 Å². The average Bonchev–Trinajstić information content (AvgIpc) is 4.02. The number of thiophene rings is 1. The summed E-state index contributed by atoms with van der Waals surface area (Å²) in [6.45, 7) is 0. The highest BCUT2D eigenvalue weighted by Crippen LogP contribution is 2.41. The molecule has 0 saturated heterocycles. The maximum Gasteiger partial charge on any atom is 0.238 e. The van der Waals surface area contributed by atoms with Crippen LogP contribution in [0.4, 0.5) is 0 Å². The molecule has 0 aliphatic carbocycles. The van der Waals surface area contributed by atoms with Crippen LogP contribution in [-0.2, 0) is 0 Å². The number of nitrogens with zero attached hydrogens (tertiary/aromatic N) is 5. The van der Waals surface area contributed by atoms with Crippen LogP contribution in [0, 0.1) is 0 Å². The summed E-state index contributed by atoms with van der Waals surface area (Å²) in [5, 5.41) is 7.30. The zero-order valence-electron chi connectivity index (χ0n) is 33.9. The molecule has 0 radical (unpaired) electrons. The molecule has 0 amide bonds. The number of aromatic nitrogens is 5. The highest BCUT2D eigenvalue weighted by Gasteiger charge is 2.21. The molecule has 6 heteroatoms. The van der Waals surface area contributed by atoms with Gasteiger partial charge in [-0.1, -0.05) is 176 Å². The van der Waals surface area contributed by atoms with Crippen molar-refractivity contribution in [2.45, 2.75) is 0 Å². The Labute approximate surface area is 366 Å². The molecule has 0 aliphatic heterocycles. The van der Waals surface area contributed by atoms with Crippen LogP contribution >= 0.6 is 11.3 Å². The van der Waals surface area contributed by atoms with Gasteiger partial charge in [0.15, 0.2) is 11.6 Å². The summed E-state index contributed by atoms with van der Waals surface area (Å²) in [7, 11) is 0. The van der Waals surface area contributed by atoms with Gasteiger partial charge in [0.05, 0.1) is 27.8 Å². The number of para-hydroxylation sites is 4. The van der Waals surface area contributed by atoms with Gasteiger partial charge >= 0.3 is 0 Å². The van der Waals surface area contributed by atoms with E-state index in [4.69, 9.17) is 15.0 Å². The number of fused-ring (bicyclic) bond motifs is 9. The van der Waals surface area contributed by atoms with E-state index in [9.17, 15) is 0 Å². The third-order valence-corrected chi connectivity index (χ3v) is 13.6. The molecule has 4 heterocycles. The van der Waals surface area contributed by atoms with Crippen molar-refractivity contribution in [3.63, 3.8) is 0 Å². The Morgan fingerprint density at radius 1 is 0.317 bits per heavy atom. The zero-order valence-corrected chi connectivity index (χ0v) is 34.7. The fraction of sp³-hybridized carbons (Fsp3) is 0. The molecule has 0 bridgehead atoms. The lowest BCUT2D eigenvalue weighted by atomic mass is 10.0. The quantitative estimate of drug-likeness (QED) is 0.168. The SMILES string of the molecule is c1ccc(-c2ccc(-c3nc(-c4ccc(-c5cccc6c5sc5ccccc56)cc4)nc(-n4c5ccccc5c5ccccc54)n3)cc2-n2c3ccccc3c3ccccc32)cc1. The minimum atomic E-state index is 0.567. The predicted octanol–water partition coefficient (Wildman–Crippen LogP) is 15.1. The molecule has 0 fully saturated rings. The first-order chi connectivity index (χ1) is 31.2. The van der Waals surface area contributed by atoms with Crippen molar-refractivity contribution in [3.05, 3.63) is 212 Å². The van der Waals surface area contributed by atoms with Crippen LogP contribution in [0.25, 0.3) is 120 Å². The lowest BCUT2D eigenvalue weighted by Gasteiger charge is -2.16. The molecule has 0 spiro atoms. The number of rotatable bonds is 6. The van der Waals surface area contributed by atoms with Gasteiger partial charge in [-0.3, -0.25) is 4.57 Å². The molecule has 63 heavy (non-hydrogen) atoms. The highest BCUT2D eigenvalue weighted by molar-refractivity contribution is 7.26. The maximum atomic E-state index is 5.37. The molecular formula is C57H35N5S. The van der Waals surface area contributed by atoms with Crippen molar-refractivity contribution in [3.8, 4) is 56.7 Å². The van der Waals surface area contributed by atoms with Crippen LogP contribution in [0.15, 0.2) is 212 Å². The van der Waals surface area contributed by atoms with Crippen molar-refractivity contribution in [2.24, 2.45) is 0 Å². The predicted molar refractivity (Wildman–Crippen MR) is 263 cm³/mol. The molecule has 9 aromatic carbocycles. The third-order valence-electron chi connectivity index (χ3n) is 12.4. The van der Waals surface area contributed by atoms with Crippen LogP contribution in [0.1, 0.15) is 0 Å². The van der Waals surface area contributed by atoms with E-state index in [1.807, 2.05) is 11.3 Å². The zero-order chi connectivity index (χ0) is 41.4. The summed E-state index contributed by atoms with van der Waals surface area (Å²) < 4.78 is 7.16. The van der Waals surface area contributed by atoms with E-state index < -0.39 is 0 Å². The fourth-order valence-electron chi connectivity index (χ4n) is 9.53. The van der Waals surface area contributed by atoms with Crippen molar-refractivity contribution < 1.29 is 0 Å². The van der Waals surface area contributed by atoms with Crippen LogP contribution in [-0.4, -0.2) is 24.1 Å². The lowest BCUT2D eigenvalue weighted by molar-refractivity contribution is 0.953. The minimum Gasteiger partial charge on any atom is -0.309 e. The Balaban J connectivity index is 1.04. The Kier molecular flexibility index (Phi) is 8.01. The topological polar surface area (TPSA) is 48.5 Å². The number of hydrogen-bond donors (Lipinski definition) is 0. The van der Waals surface area contributed by atoms with Crippen LogP contribution < -0.4 is 0 Å². The van der Waals surface area contributed by atoms with Gasteiger partial charge in [0, 0.05) is 58.4 Å². The molecule has 294 valence electrons. The molecule has 0 aliphatic rings. The molecule has 0 atom stereocenters. The van der Waals surface area contributed by atoms with Gasteiger partial charge in [-0.2, -0.15) is 9.97 Å². The van der Waals surface area contributed by atoms with E-state index in [1.165, 1.54) is 36.5 Å². The van der Waals surface area contributed by atoms with Crippen LogP contribution in [0.3, 0.4) is 0 Å². The molecule has 0 N–H and O–H groups in total. The van der Waals surface area contributed by atoms with E-state index in [0.29, 0.717) is 17.6 Å². The fourth-order valence-corrected chi connectivity index (χ4v) is 10.8. The normalized spacial score (nSPS) is 11.8. The van der Waals surface area contributed by atoms with Crippen molar-refractivity contribution >= 4 is 75.1 Å². The van der Waals surface area contributed by atoms with Gasteiger partial charge in [0.1, 0.15) is 0 Å². The Bertz CT molecular complexity index is 3810. The van der Waals surface area contributed by atoms with Crippen molar-refractivity contribution in [1.82, 2.24) is 24.1 Å². The minimum absolute atomic E-state index is 0.567. The third kappa shape index (κ3) is 5.66. The van der Waals surface area contributed by atoms with Crippen molar-refractivity contribution in [2.75, 3.05) is 0 Å². The second-order valence-electron chi connectivity index (χ2n) is 16.0. The monoisotopic (exact) mass is 821 g/mol. The maximum absolute atomic E-state index is 5.37. The van der Waals surface area contributed by atoms with Crippen LogP contribution in [0.2, 0.25) is 0 Å². The number of benzene rings is 9. The molecule has 0 unspecified atom stereocenters. The van der Waals surface area contributed by atoms with E-state index in [0.717, 1.165) is 66.3 Å². The first kappa shape index (κ1) is 35.6. The summed E-state index contributed by atoms with van der Waals surface area (Å²) in [5.41, 5.74) is 11.8. The largest absolute Gasteiger partial charge is 0.309 e. The van der Waals surface area contributed by atoms with E-state index >= 15 is 0 Å². The highest BCUT2D eigenvalue weighted by atomic mass is 32.1. The standard InChI is InChI=1S/C57H35N5S/c1-2-15-36(16-3-1)40-34-33-39(35-52(40)61-48-24-9-4-17-42(48)43-18-5-10-25-49(43)61)56-58-55(59-57(60-56)62-50-26-11-6-19-44(50)45-20-7-12-27-51(45)62)38-31-29-37(30-32-38)41-22-14-23-47-46-21-8-13-28-53(46)63-54(41)47/h1-35H. The Morgan fingerprint density at radius 3 is 1.43 bits per heavy atom. The van der Waals surface area contributed by atoms with Gasteiger partial charge in [-0.25, -0.2) is 4.98 Å². The second-order valence-corrected chi connectivity index (χ2v) is 17.0. The summed E-state index contributed by atoms with van der Waals surface area (Å²) in [4.78, 5) is 16.0. The van der Waals surface area contributed by atoms with Crippen LogP contribution in [0.5, 0.6) is 0 Å². The van der Waals surface area contributed by atoms with Gasteiger partial charge in [0.25, 0.3) is 0 Å². The van der Waals surface area contributed by atoms with E-state index in [1.54, 1.807) is 0 Å². The van der Waals surface area contributed by atoms with Gasteiger partial charge in [-0.05, 0) is 53.1 Å². The Morgan fingerprint density at radius 2 is 0.794 bits per heavy atom. The second kappa shape index (κ2) is 14.2. The van der Waals surface area contributed by atoms with Gasteiger partial charge < -0.3 is 4.57 Å². The first-order valence-corrected chi connectivity index (χ1v) is 22.0.